The van der Waals surface area contributed by atoms with Crippen LogP contribution in [0.3, 0.4) is 0 Å². The number of aliphatic carboxylic acids is 1. The number of anilines is 3. The number of esters is 1. The summed E-state index contributed by atoms with van der Waals surface area (Å²) >= 11 is 5.90. The Kier molecular flexibility index (Phi) is 10.2. The molecule has 1 unspecified atom stereocenters. The van der Waals surface area contributed by atoms with Gasteiger partial charge in [-0.1, -0.05) is 11.6 Å². The molecule has 1 fully saturated rings. The first-order valence-corrected chi connectivity index (χ1v) is 13.3. The molecule has 1 aromatic carbocycles. The number of carboxylic acids is 1. The Hall–Kier alpha value is -3.39. The molecule has 0 amide bonds. The molecule has 3 atom stereocenters. The van der Waals surface area contributed by atoms with Crippen molar-refractivity contribution < 1.29 is 37.0 Å². The van der Waals surface area contributed by atoms with Crippen molar-refractivity contribution in [3.8, 4) is 0 Å². The minimum atomic E-state index is -4.64. The molecule has 0 aliphatic carbocycles. The van der Waals surface area contributed by atoms with Crippen molar-refractivity contribution in [1.82, 2.24) is 15.3 Å². The first-order chi connectivity index (χ1) is 19.0. The second-order valence-corrected chi connectivity index (χ2v) is 11.2. The molecule has 0 bridgehead atoms. The summed E-state index contributed by atoms with van der Waals surface area (Å²) in [6.07, 6.45) is -2.83. The molecule has 41 heavy (non-hydrogen) atoms. The Bertz CT molecular complexity index is 1240. The van der Waals surface area contributed by atoms with E-state index in [1.165, 1.54) is 6.07 Å². The summed E-state index contributed by atoms with van der Waals surface area (Å²) in [7, 11) is 0. The zero-order valence-electron chi connectivity index (χ0n) is 22.8. The van der Waals surface area contributed by atoms with Crippen molar-refractivity contribution in [2.24, 2.45) is 5.92 Å². The minimum Gasteiger partial charge on any atom is -0.481 e. The fourth-order valence-electron chi connectivity index (χ4n) is 4.49. The summed E-state index contributed by atoms with van der Waals surface area (Å²) in [6, 6.07) is 1.31. The van der Waals surface area contributed by atoms with E-state index in [0.717, 1.165) is 18.5 Å². The minimum absolute atomic E-state index is 0.00587. The molecule has 1 aliphatic rings. The van der Waals surface area contributed by atoms with Gasteiger partial charge in [0, 0.05) is 29.8 Å². The number of hydrogen-bond donors (Lipinski definition) is 4. The van der Waals surface area contributed by atoms with Crippen molar-refractivity contribution in [3.63, 3.8) is 0 Å². The molecular weight excluding hydrogens is 572 g/mol. The van der Waals surface area contributed by atoms with Gasteiger partial charge in [0.1, 0.15) is 18.0 Å². The normalized spacial score (nSPS) is 18.6. The highest BCUT2D eigenvalue weighted by atomic mass is 35.5. The summed E-state index contributed by atoms with van der Waals surface area (Å²) in [5, 5.41) is 15.5. The molecule has 0 saturated carbocycles. The van der Waals surface area contributed by atoms with Crippen LogP contribution in [0.2, 0.25) is 5.02 Å². The number of hydrogen-bond acceptors (Lipinski definition) is 9. The lowest BCUT2D eigenvalue weighted by atomic mass is 9.91. The van der Waals surface area contributed by atoms with Gasteiger partial charge in [-0.2, -0.15) is 17.6 Å². The van der Waals surface area contributed by atoms with Crippen LogP contribution in [-0.2, 0) is 20.5 Å². The Morgan fingerprint density at radius 2 is 1.95 bits per heavy atom. The number of carbonyl (C=O) groups excluding carboxylic acids is 1. The molecule has 1 saturated heterocycles. The SMILES string of the molecule is CC(C)(C)OC(=O)[C@@H](CCCN[C@H]1CN(c2ncnc(N)c2F)CCC1C(=O)O)Nc1cc(Cl)cc(C(F)(F)F)c1. The monoisotopic (exact) mass is 604 g/mol. The van der Waals surface area contributed by atoms with Gasteiger partial charge in [-0.25, -0.2) is 14.8 Å². The number of carbonyl (C=O) groups is 2. The Balaban J connectivity index is 1.70. The fraction of sp³-hybridized carbons (Fsp3) is 0.538. The second-order valence-electron chi connectivity index (χ2n) is 10.7. The molecule has 3 rings (SSSR count). The van der Waals surface area contributed by atoms with Gasteiger partial charge in [0.2, 0.25) is 5.82 Å². The first-order valence-electron chi connectivity index (χ1n) is 12.9. The zero-order chi connectivity index (χ0) is 30.5. The maximum Gasteiger partial charge on any atom is 0.416 e. The molecule has 0 radical (unpaired) electrons. The summed E-state index contributed by atoms with van der Waals surface area (Å²) in [6.45, 7) is 5.62. The van der Waals surface area contributed by atoms with Gasteiger partial charge in [0.05, 0.1) is 11.5 Å². The van der Waals surface area contributed by atoms with Crippen molar-refractivity contribution in [1.29, 1.82) is 0 Å². The van der Waals surface area contributed by atoms with Crippen LogP contribution >= 0.6 is 11.6 Å². The predicted molar refractivity (Wildman–Crippen MR) is 145 cm³/mol. The Morgan fingerprint density at radius 3 is 2.59 bits per heavy atom. The van der Waals surface area contributed by atoms with E-state index in [1.807, 2.05) is 0 Å². The van der Waals surface area contributed by atoms with Crippen LogP contribution in [0.5, 0.6) is 0 Å². The lowest BCUT2D eigenvalue weighted by Gasteiger charge is -2.38. The van der Waals surface area contributed by atoms with Gasteiger partial charge in [0.15, 0.2) is 11.6 Å². The number of nitrogens with two attached hydrogens (primary N) is 1. The van der Waals surface area contributed by atoms with Crippen molar-refractivity contribution in [2.75, 3.05) is 35.6 Å². The van der Waals surface area contributed by atoms with Crippen LogP contribution < -0.4 is 21.3 Å². The predicted octanol–water partition coefficient (Wildman–Crippen LogP) is 4.34. The van der Waals surface area contributed by atoms with E-state index >= 15 is 0 Å². The van der Waals surface area contributed by atoms with Crippen LogP contribution in [0.1, 0.15) is 45.6 Å². The Morgan fingerprint density at radius 1 is 1.24 bits per heavy atom. The van der Waals surface area contributed by atoms with E-state index < -0.39 is 53.1 Å². The molecule has 1 aliphatic heterocycles. The van der Waals surface area contributed by atoms with Gasteiger partial charge in [-0.15, -0.1) is 0 Å². The number of nitrogens with zero attached hydrogens (tertiary/aromatic N) is 3. The van der Waals surface area contributed by atoms with Crippen molar-refractivity contribution >= 4 is 40.9 Å². The first kappa shape index (κ1) is 32.1. The highest BCUT2D eigenvalue weighted by Crippen LogP contribution is 2.34. The number of nitrogens with one attached hydrogen (secondary N) is 2. The van der Waals surface area contributed by atoms with Gasteiger partial charge < -0.3 is 31.1 Å². The van der Waals surface area contributed by atoms with Gasteiger partial charge in [-0.05, 0) is 64.8 Å². The highest BCUT2D eigenvalue weighted by molar-refractivity contribution is 6.31. The van der Waals surface area contributed by atoms with Crippen LogP contribution in [0.4, 0.5) is 34.9 Å². The van der Waals surface area contributed by atoms with Crippen LogP contribution in [-0.4, -0.2) is 64.3 Å². The average Bonchev–Trinajstić information content (AvgIpc) is 2.85. The van der Waals surface area contributed by atoms with E-state index in [1.54, 1.807) is 25.7 Å². The Labute approximate surface area is 239 Å². The van der Waals surface area contributed by atoms with Gasteiger partial charge in [0.25, 0.3) is 0 Å². The number of carboxylic acid groups (broad SMARTS) is 1. The maximum atomic E-state index is 14.5. The standard InChI is InChI=1S/C26H33ClF4N6O4/c1-25(2,3)41-24(40)18(36-16-10-14(26(29,30)31)9-15(27)11-16)5-4-7-33-19-12-37(8-6-17(19)23(38)39)22-20(28)21(32)34-13-35-22/h9-11,13,17-19,33,36H,4-8,12H2,1-3H3,(H,38,39)(H2,32,34,35)/t17?,18-,19+/m1/s1. The third-order valence-corrected chi connectivity index (χ3v) is 6.58. The van der Waals surface area contributed by atoms with Crippen LogP contribution in [0.15, 0.2) is 24.5 Å². The van der Waals surface area contributed by atoms with E-state index in [2.05, 4.69) is 20.6 Å². The summed E-state index contributed by atoms with van der Waals surface area (Å²) < 4.78 is 59.8. The molecule has 0 spiro atoms. The number of alkyl halides is 3. The second kappa shape index (κ2) is 13.1. The third kappa shape index (κ3) is 9.05. The van der Waals surface area contributed by atoms with Crippen LogP contribution in [0, 0.1) is 11.7 Å². The quantitative estimate of drug-likeness (QED) is 0.176. The molecule has 5 N–H and O–H groups in total. The van der Waals surface area contributed by atoms with E-state index in [-0.39, 0.29) is 54.8 Å². The largest absolute Gasteiger partial charge is 0.481 e. The summed E-state index contributed by atoms with van der Waals surface area (Å²) in [4.78, 5) is 34.0. The fourth-order valence-corrected chi connectivity index (χ4v) is 4.73. The molecule has 2 aromatic rings. The smallest absolute Gasteiger partial charge is 0.416 e. The number of benzene rings is 1. The molecule has 10 nitrogen and oxygen atoms in total. The van der Waals surface area contributed by atoms with Crippen LogP contribution in [0.25, 0.3) is 0 Å². The highest BCUT2D eigenvalue weighted by Gasteiger charge is 2.36. The number of piperidine rings is 1. The average molecular weight is 605 g/mol. The molecule has 15 heteroatoms. The topological polar surface area (TPSA) is 143 Å². The van der Waals surface area contributed by atoms with Gasteiger partial charge >= 0.3 is 18.1 Å². The van der Waals surface area contributed by atoms with Gasteiger partial charge in [-0.3, -0.25) is 4.79 Å². The molecule has 226 valence electrons. The van der Waals surface area contributed by atoms with E-state index in [4.69, 9.17) is 22.1 Å². The van der Waals surface area contributed by atoms with E-state index in [9.17, 15) is 32.3 Å². The van der Waals surface area contributed by atoms with Crippen molar-refractivity contribution in [3.05, 3.63) is 40.9 Å². The number of halogens is 5. The number of rotatable bonds is 10. The molecular formula is C26H33ClF4N6O4. The maximum absolute atomic E-state index is 14.5. The number of aromatic nitrogens is 2. The lowest BCUT2D eigenvalue weighted by Crippen LogP contribution is -2.54. The molecule has 1 aromatic heterocycles. The lowest BCUT2D eigenvalue weighted by molar-refractivity contribution is -0.156. The zero-order valence-corrected chi connectivity index (χ0v) is 23.5. The summed E-state index contributed by atoms with van der Waals surface area (Å²) in [5.41, 5.74) is 3.73. The van der Waals surface area contributed by atoms with E-state index in [0.29, 0.717) is 6.42 Å². The molecule has 2 heterocycles. The summed E-state index contributed by atoms with van der Waals surface area (Å²) in [5.74, 6) is -3.58. The third-order valence-electron chi connectivity index (χ3n) is 6.36. The number of nitrogen functional groups attached to an aromatic ring is 1. The number of ether oxygens (including phenoxy) is 1. The van der Waals surface area contributed by atoms with Crippen molar-refractivity contribution in [2.45, 2.75) is 63.9 Å².